The van der Waals surface area contributed by atoms with Gasteiger partial charge in [0.2, 0.25) is 17.7 Å². The predicted octanol–water partition coefficient (Wildman–Crippen LogP) is 5.54. The SMILES string of the molecule is CCOc1cc(O[C@@H]2C[C@@H](C(=O)N[C@]3(C(=O)O)C[C@H]3CC)N(C(=O)[C@@H](CC(=O)OC3(C)CCC3)C(C)(C)C)C2)c2cccc(Cl)c2n1. The second-order valence-corrected chi connectivity index (χ2v) is 14.9. The number of esters is 1. The number of carboxylic acid groups (broad SMARTS) is 1. The first kappa shape index (κ1) is 34.7. The third kappa shape index (κ3) is 7.15. The van der Waals surface area contributed by atoms with E-state index in [0.717, 1.165) is 19.3 Å². The number of likely N-dealkylation sites (tertiary alicyclic amines) is 1. The minimum atomic E-state index is -1.37. The van der Waals surface area contributed by atoms with Gasteiger partial charge in [-0.25, -0.2) is 9.78 Å². The number of amides is 2. The second kappa shape index (κ2) is 13.1. The van der Waals surface area contributed by atoms with E-state index in [4.69, 9.17) is 25.8 Å². The Labute approximate surface area is 280 Å². The Morgan fingerprint density at radius 3 is 2.49 bits per heavy atom. The molecule has 12 heteroatoms. The Bertz CT molecular complexity index is 1550. The number of carbonyl (C=O) groups is 4. The van der Waals surface area contributed by atoms with Crippen LogP contribution < -0.4 is 14.8 Å². The highest BCUT2D eigenvalue weighted by Gasteiger charge is 2.61. The lowest BCUT2D eigenvalue weighted by Gasteiger charge is -2.39. The van der Waals surface area contributed by atoms with E-state index in [0.29, 0.717) is 47.0 Å². The van der Waals surface area contributed by atoms with Crippen LogP contribution in [0.2, 0.25) is 5.02 Å². The molecule has 3 fully saturated rings. The summed E-state index contributed by atoms with van der Waals surface area (Å²) in [4.78, 5) is 59.8. The van der Waals surface area contributed by atoms with Gasteiger partial charge in [0.15, 0.2) is 0 Å². The van der Waals surface area contributed by atoms with Crippen molar-refractivity contribution in [3.05, 3.63) is 29.3 Å². The number of fused-ring (bicyclic) bond motifs is 1. The Kier molecular flexibility index (Phi) is 9.70. The summed E-state index contributed by atoms with van der Waals surface area (Å²) in [6.45, 7) is 11.7. The van der Waals surface area contributed by atoms with Gasteiger partial charge in [0.25, 0.3) is 0 Å². The molecule has 2 aromatic rings. The molecule has 0 radical (unpaired) electrons. The first-order valence-electron chi connectivity index (χ1n) is 16.6. The summed E-state index contributed by atoms with van der Waals surface area (Å²) < 4.78 is 18.0. The highest BCUT2D eigenvalue weighted by molar-refractivity contribution is 6.35. The maximum atomic E-state index is 14.4. The van der Waals surface area contributed by atoms with Gasteiger partial charge in [0.1, 0.15) is 29.0 Å². The van der Waals surface area contributed by atoms with E-state index in [9.17, 15) is 24.3 Å². The standard InChI is InChI=1S/C35H46ClN3O8/c1-7-20-18-35(20,32(43)44)38-30(41)25-15-21(46-26-17-27(45-8-2)37-29-22(26)11-9-12-24(29)36)19-39(25)31(42)23(33(3,4)5)16-28(40)47-34(6)13-10-14-34/h9,11-12,17,20-21,23,25H,7-8,10,13-16,18-19H2,1-6H3,(H,38,41)(H,43,44)/t20-,21-,23-,25+,35-/m1/s1. The molecule has 2 saturated carbocycles. The molecule has 5 atom stereocenters. The fourth-order valence-electron chi connectivity index (χ4n) is 6.85. The minimum Gasteiger partial charge on any atom is -0.488 e. The number of rotatable bonds is 12. The third-order valence-corrected chi connectivity index (χ3v) is 10.3. The molecule has 2 aliphatic carbocycles. The van der Waals surface area contributed by atoms with Crippen LogP contribution in [0.15, 0.2) is 24.3 Å². The van der Waals surface area contributed by atoms with Crippen LogP contribution in [-0.4, -0.2) is 75.2 Å². The van der Waals surface area contributed by atoms with Crippen LogP contribution in [-0.2, 0) is 23.9 Å². The number of nitrogens with zero attached hydrogens (tertiary/aromatic N) is 2. The topological polar surface area (TPSA) is 144 Å². The van der Waals surface area contributed by atoms with Crippen molar-refractivity contribution in [2.45, 2.75) is 110 Å². The van der Waals surface area contributed by atoms with E-state index < -0.39 is 52.5 Å². The van der Waals surface area contributed by atoms with Crippen LogP contribution in [0.3, 0.4) is 0 Å². The van der Waals surface area contributed by atoms with Crippen molar-refractivity contribution in [3.8, 4) is 11.6 Å². The molecule has 2 amide bonds. The van der Waals surface area contributed by atoms with Crippen molar-refractivity contribution in [2.75, 3.05) is 13.2 Å². The Balaban J connectivity index is 1.45. The normalized spacial score (nSPS) is 25.4. The van der Waals surface area contributed by atoms with E-state index in [1.807, 2.05) is 47.6 Å². The number of hydrogen-bond acceptors (Lipinski definition) is 8. The first-order chi connectivity index (χ1) is 22.1. The number of halogens is 1. The van der Waals surface area contributed by atoms with Crippen LogP contribution in [0.1, 0.15) is 86.5 Å². The zero-order valence-corrected chi connectivity index (χ0v) is 28.8. The van der Waals surface area contributed by atoms with Gasteiger partial charge in [-0.3, -0.25) is 14.4 Å². The minimum absolute atomic E-state index is 0.0435. The van der Waals surface area contributed by atoms with Gasteiger partial charge < -0.3 is 29.5 Å². The van der Waals surface area contributed by atoms with Gasteiger partial charge in [-0.1, -0.05) is 51.8 Å². The zero-order valence-electron chi connectivity index (χ0n) is 28.1. The molecule has 11 nitrogen and oxygen atoms in total. The van der Waals surface area contributed by atoms with Gasteiger partial charge in [0, 0.05) is 17.9 Å². The highest BCUT2D eigenvalue weighted by Crippen LogP contribution is 2.46. The summed E-state index contributed by atoms with van der Waals surface area (Å²) in [5, 5.41) is 13.9. The van der Waals surface area contributed by atoms with Crippen LogP contribution in [0, 0.1) is 17.3 Å². The van der Waals surface area contributed by atoms with Gasteiger partial charge >= 0.3 is 11.9 Å². The Morgan fingerprint density at radius 1 is 1.19 bits per heavy atom. The molecule has 2 N–H and O–H groups in total. The van der Waals surface area contributed by atoms with Crippen LogP contribution >= 0.6 is 11.6 Å². The average Bonchev–Trinajstić information content (AvgIpc) is 3.54. The molecule has 5 rings (SSSR count). The summed E-state index contributed by atoms with van der Waals surface area (Å²) >= 11 is 6.47. The number of benzene rings is 1. The molecule has 1 aliphatic heterocycles. The molecular formula is C35H46ClN3O8. The monoisotopic (exact) mass is 671 g/mol. The van der Waals surface area contributed by atoms with Crippen molar-refractivity contribution in [1.82, 2.24) is 15.2 Å². The molecule has 256 valence electrons. The number of pyridine rings is 1. The van der Waals surface area contributed by atoms with E-state index in [2.05, 4.69) is 10.3 Å². The predicted molar refractivity (Wildman–Crippen MR) is 175 cm³/mol. The van der Waals surface area contributed by atoms with Crippen molar-refractivity contribution in [2.24, 2.45) is 17.3 Å². The molecule has 0 bridgehead atoms. The molecular weight excluding hydrogens is 626 g/mol. The van der Waals surface area contributed by atoms with Crippen molar-refractivity contribution in [1.29, 1.82) is 0 Å². The molecule has 0 unspecified atom stereocenters. The summed E-state index contributed by atoms with van der Waals surface area (Å²) in [5.74, 6) is -2.73. The Hall–Kier alpha value is -3.60. The number of ether oxygens (including phenoxy) is 3. The summed E-state index contributed by atoms with van der Waals surface area (Å²) in [7, 11) is 0. The van der Waals surface area contributed by atoms with E-state index >= 15 is 0 Å². The first-order valence-corrected chi connectivity index (χ1v) is 16.9. The maximum absolute atomic E-state index is 14.4. The summed E-state index contributed by atoms with van der Waals surface area (Å²) in [6.07, 6.45) is 2.79. The second-order valence-electron chi connectivity index (χ2n) is 14.5. The van der Waals surface area contributed by atoms with E-state index in [-0.39, 0.29) is 31.2 Å². The number of aromatic nitrogens is 1. The van der Waals surface area contributed by atoms with Crippen molar-refractivity contribution < 1.29 is 38.5 Å². The number of hydrogen-bond donors (Lipinski definition) is 2. The van der Waals surface area contributed by atoms with E-state index in [1.165, 1.54) is 4.90 Å². The molecule has 2 heterocycles. The molecule has 3 aliphatic rings. The quantitative estimate of drug-likeness (QED) is 0.278. The lowest BCUT2D eigenvalue weighted by Crippen LogP contribution is -2.54. The number of carboxylic acids is 1. The van der Waals surface area contributed by atoms with Crippen LogP contribution in [0.4, 0.5) is 0 Å². The summed E-state index contributed by atoms with van der Waals surface area (Å²) in [5.41, 5.74) is -2.04. The number of aliphatic carboxylic acids is 1. The molecule has 1 aromatic heterocycles. The lowest BCUT2D eigenvalue weighted by molar-refractivity contribution is -0.171. The maximum Gasteiger partial charge on any atom is 0.329 e. The van der Waals surface area contributed by atoms with Crippen LogP contribution in [0.25, 0.3) is 10.9 Å². The molecule has 47 heavy (non-hydrogen) atoms. The lowest BCUT2D eigenvalue weighted by atomic mass is 9.77. The number of carbonyl (C=O) groups excluding carboxylic acids is 3. The number of para-hydroxylation sites is 1. The van der Waals surface area contributed by atoms with Gasteiger partial charge in [0.05, 0.1) is 36.0 Å². The molecule has 1 aromatic carbocycles. The average molecular weight is 672 g/mol. The highest BCUT2D eigenvalue weighted by atomic mass is 35.5. The van der Waals surface area contributed by atoms with Crippen LogP contribution in [0.5, 0.6) is 11.6 Å². The summed E-state index contributed by atoms with van der Waals surface area (Å²) in [6, 6.07) is 5.96. The van der Waals surface area contributed by atoms with Gasteiger partial charge in [-0.15, -0.1) is 0 Å². The third-order valence-electron chi connectivity index (χ3n) is 9.97. The number of nitrogens with one attached hydrogen (secondary N) is 1. The van der Waals surface area contributed by atoms with Gasteiger partial charge in [-0.05, 0) is 63.0 Å². The fraction of sp³-hybridized carbons (Fsp3) is 0.629. The smallest absolute Gasteiger partial charge is 0.329 e. The largest absolute Gasteiger partial charge is 0.488 e. The van der Waals surface area contributed by atoms with Gasteiger partial charge in [-0.2, -0.15) is 0 Å². The van der Waals surface area contributed by atoms with Crippen molar-refractivity contribution in [3.63, 3.8) is 0 Å². The molecule has 0 spiro atoms. The zero-order chi connectivity index (χ0) is 34.3. The fourth-order valence-corrected chi connectivity index (χ4v) is 7.07. The Morgan fingerprint density at radius 2 is 1.91 bits per heavy atom. The molecule has 1 saturated heterocycles. The van der Waals surface area contributed by atoms with E-state index in [1.54, 1.807) is 18.2 Å². The van der Waals surface area contributed by atoms with Crippen molar-refractivity contribution >= 4 is 46.3 Å².